The zero-order valence-electron chi connectivity index (χ0n) is 53.2. The van der Waals surface area contributed by atoms with Gasteiger partial charge in [0, 0.05) is 34.1 Å². The first kappa shape index (κ1) is 56.0. The van der Waals surface area contributed by atoms with Gasteiger partial charge in [-0.1, -0.05) is 273 Å². The smallest absolute Gasteiger partial charge is 0.252 e. The molecule has 0 saturated carbocycles. The van der Waals surface area contributed by atoms with Gasteiger partial charge in [0.1, 0.15) is 0 Å². The molecule has 17 aromatic carbocycles. The third-order valence-electron chi connectivity index (χ3n) is 20.4. The van der Waals surface area contributed by atoms with E-state index < -0.39 is 0 Å². The molecule has 0 radical (unpaired) electrons. The van der Waals surface area contributed by atoms with Crippen LogP contribution in [0.25, 0.3) is 132 Å². The first-order valence-electron chi connectivity index (χ1n) is 33.6. The van der Waals surface area contributed by atoms with E-state index in [1.165, 1.54) is 137 Å². The van der Waals surface area contributed by atoms with Gasteiger partial charge in [-0.15, -0.1) is 0 Å². The maximum Gasteiger partial charge on any atom is 0.252 e. The van der Waals surface area contributed by atoms with Crippen LogP contribution in [-0.2, 0) is 0 Å². The Balaban J connectivity index is 0.851. The van der Waals surface area contributed by atoms with Crippen LogP contribution in [0.5, 0.6) is 0 Å². The van der Waals surface area contributed by atoms with Crippen molar-refractivity contribution in [2.75, 3.05) is 9.80 Å². The molecule has 2 nitrogen and oxygen atoms in total. The van der Waals surface area contributed by atoms with Crippen LogP contribution >= 0.6 is 0 Å². The lowest BCUT2D eigenvalue weighted by molar-refractivity contribution is 1.25. The number of hydrogen-bond donors (Lipinski definition) is 0. The van der Waals surface area contributed by atoms with Crippen molar-refractivity contribution in [2.45, 2.75) is 0 Å². The van der Waals surface area contributed by atoms with Crippen LogP contribution in [0.15, 0.2) is 370 Å². The SMILES string of the molecule is c1ccc(-c2cc3ccccc3cc2-c2ccc(N3c4ccc(-c5cc6ccccc6cc5-c5ccccc5)cc4B4c5cc(-c6cc7ccccc7cc6-c6ccccc6)ccc5N(c5ccc(-c6cc7ccccc7cc6-c6ccccc6)cc5)c5cccc3c54)cc2)cc1. The monoisotopic (exact) mass is 1230 g/mol. The fourth-order valence-corrected chi connectivity index (χ4v) is 15.8. The lowest BCUT2D eigenvalue weighted by Gasteiger charge is -2.44. The molecule has 0 aromatic heterocycles. The maximum atomic E-state index is 2.55. The van der Waals surface area contributed by atoms with Gasteiger partial charge in [0.15, 0.2) is 0 Å². The lowest BCUT2D eigenvalue weighted by atomic mass is 9.33. The largest absolute Gasteiger partial charge is 0.311 e. The Hall–Kier alpha value is -12.6. The minimum atomic E-state index is -0.180. The minimum Gasteiger partial charge on any atom is -0.311 e. The zero-order chi connectivity index (χ0) is 63.9. The van der Waals surface area contributed by atoms with Crippen LogP contribution in [0.4, 0.5) is 34.1 Å². The molecule has 0 aliphatic carbocycles. The second-order valence-corrected chi connectivity index (χ2v) is 25.9. The van der Waals surface area contributed by atoms with E-state index in [9.17, 15) is 0 Å². The standard InChI is InChI=1S/C94H61BN2/c1-5-22-62(23-6-1)80-52-68-30-13-15-34-72(68)56-84(80)66-40-46-78(47-41-66)96-90-50-44-76(86-58-74-36-19-17-32-70(74)54-82(86)64-26-9-3-10-27-64)60-88(90)95-89-61-77(87-59-75-37-20-18-33-71(75)55-83(87)65-28-11-4-12-29-65)45-51-91(89)97(93-39-21-38-92(96)94(93)95)79-48-42-67(43-49-79)85-57-73-35-16-14-31-69(73)53-81(85)63-24-7-2-8-25-63/h1-61H. The summed E-state index contributed by atoms with van der Waals surface area (Å²) in [5.41, 5.74) is 29.6. The molecule has 0 spiro atoms. The molecule has 450 valence electrons. The van der Waals surface area contributed by atoms with Crippen molar-refractivity contribution < 1.29 is 0 Å². The highest BCUT2D eigenvalue weighted by molar-refractivity contribution is 7.00. The third kappa shape index (κ3) is 9.65. The van der Waals surface area contributed by atoms with E-state index in [0.29, 0.717) is 0 Å². The van der Waals surface area contributed by atoms with Crippen molar-refractivity contribution in [3.63, 3.8) is 0 Å². The van der Waals surface area contributed by atoms with Gasteiger partial charge in [0.05, 0.1) is 0 Å². The van der Waals surface area contributed by atoms with E-state index in [1.807, 2.05) is 0 Å². The Bertz CT molecular complexity index is 5560. The van der Waals surface area contributed by atoms with Crippen LogP contribution in [-0.4, -0.2) is 6.71 Å². The molecule has 0 saturated heterocycles. The van der Waals surface area contributed by atoms with E-state index in [2.05, 4.69) is 380 Å². The molecule has 0 N–H and O–H groups in total. The molecule has 2 heterocycles. The van der Waals surface area contributed by atoms with E-state index >= 15 is 0 Å². The van der Waals surface area contributed by atoms with Crippen LogP contribution in [0.3, 0.4) is 0 Å². The number of anilines is 6. The van der Waals surface area contributed by atoms with Gasteiger partial charge in [-0.2, -0.15) is 0 Å². The molecule has 0 unspecified atom stereocenters. The molecule has 97 heavy (non-hydrogen) atoms. The minimum absolute atomic E-state index is 0.180. The predicted molar refractivity (Wildman–Crippen MR) is 414 cm³/mol. The van der Waals surface area contributed by atoms with Crippen molar-refractivity contribution in [3.8, 4) is 89.0 Å². The Morgan fingerprint density at radius 1 is 0.165 bits per heavy atom. The average Bonchev–Trinajstić information content (AvgIpc) is 0.699. The topological polar surface area (TPSA) is 6.48 Å². The van der Waals surface area contributed by atoms with Gasteiger partial charge >= 0.3 is 0 Å². The van der Waals surface area contributed by atoms with Gasteiger partial charge in [-0.25, -0.2) is 0 Å². The number of fused-ring (bicyclic) bond motifs is 8. The predicted octanol–water partition coefficient (Wildman–Crippen LogP) is 23.7. The Morgan fingerprint density at radius 3 is 0.660 bits per heavy atom. The fourth-order valence-electron chi connectivity index (χ4n) is 15.8. The molecular formula is C94H61BN2. The number of hydrogen-bond acceptors (Lipinski definition) is 2. The first-order valence-corrected chi connectivity index (χ1v) is 33.6. The van der Waals surface area contributed by atoms with E-state index in [1.54, 1.807) is 0 Å². The van der Waals surface area contributed by atoms with Gasteiger partial charge in [-0.05, 0) is 246 Å². The van der Waals surface area contributed by atoms with Crippen LogP contribution in [0, 0.1) is 0 Å². The summed E-state index contributed by atoms with van der Waals surface area (Å²) in [5.74, 6) is 0. The highest BCUT2D eigenvalue weighted by Gasteiger charge is 2.44. The van der Waals surface area contributed by atoms with Gasteiger partial charge in [0.25, 0.3) is 6.71 Å². The summed E-state index contributed by atoms with van der Waals surface area (Å²) in [7, 11) is 0. The van der Waals surface area contributed by atoms with Crippen molar-refractivity contribution in [3.05, 3.63) is 370 Å². The normalized spacial score (nSPS) is 12.3. The van der Waals surface area contributed by atoms with E-state index in [-0.39, 0.29) is 6.71 Å². The Morgan fingerprint density at radius 2 is 0.392 bits per heavy atom. The molecule has 3 heteroatoms. The van der Waals surface area contributed by atoms with Crippen LogP contribution in [0.1, 0.15) is 0 Å². The summed E-state index contributed by atoms with van der Waals surface area (Å²) in [6.07, 6.45) is 0. The van der Waals surface area contributed by atoms with Gasteiger partial charge < -0.3 is 9.80 Å². The van der Waals surface area contributed by atoms with Gasteiger partial charge in [0.2, 0.25) is 0 Å². The molecule has 19 rings (SSSR count). The molecule has 0 bridgehead atoms. The fraction of sp³-hybridized carbons (Fsp3) is 0. The van der Waals surface area contributed by atoms with E-state index in [0.717, 1.165) is 45.3 Å². The second-order valence-electron chi connectivity index (χ2n) is 25.9. The molecule has 0 atom stereocenters. The van der Waals surface area contributed by atoms with Crippen molar-refractivity contribution >= 4 is 100 Å². The summed E-state index contributed by atoms with van der Waals surface area (Å²) in [6.45, 7) is -0.180. The molecule has 2 aliphatic heterocycles. The summed E-state index contributed by atoms with van der Waals surface area (Å²) >= 11 is 0. The molecule has 17 aromatic rings. The number of benzene rings is 17. The summed E-state index contributed by atoms with van der Waals surface area (Å²) in [6, 6.07) is 138. The molecule has 2 aliphatic rings. The number of nitrogens with zero attached hydrogens (tertiary/aromatic N) is 2. The Kier molecular flexibility index (Phi) is 13.4. The highest BCUT2D eigenvalue weighted by atomic mass is 15.2. The van der Waals surface area contributed by atoms with Crippen molar-refractivity contribution in [2.24, 2.45) is 0 Å². The molecular weight excluding hydrogens is 1170 g/mol. The summed E-state index contributed by atoms with van der Waals surface area (Å²) in [5, 5.41) is 9.74. The molecule has 0 amide bonds. The highest BCUT2D eigenvalue weighted by Crippen LogP contribution is 2.49. The zero-order valence-corrected chi connectivity index (χ0v) is 53.2. The molecule has 0 fully saturated rings. The first-order chi connectivity index (χ1) is 48.1. The van der Waals surface area contributed by atoms with Gasteiger partial charge in [-0.3, -0.25) is 0 Å². The van der Waals surface area contributed by atoms with E-state index in [4.69, 9.17) is 0 Å². The maximum absolute atomic E-state index is 2.55. The summed E-state index contributed by atoms with van der Waals surface area (Å²) in [4.78, 5) is 5.10. The summed E-state index contributed by atoms with van der Waals surface area (Å²) < 4.78 is 0. The lowest BCUT2D eigenvalue weighted by Crippen LogP contribution is -2.61. The van der Waals surface area contributed by atoms with Crippen molar-refractivity contribution in [1.82, 2.24) is 0 Å². The second kappa shape index (κ2) is 23.2. The van der Waals surface area contributed by atoms with Crippen molar-refractivity contribution in [1.29, 1.82) is 0 Å². The average molecular weight is 1230 g/mol. The van der Waals surface area contributed by atoms with Crippen LogP contribution in [0.2, 0.25) is 0 Å². The van der Waals surface area contributed by atoms with Crippen LogP contribution < -0.4 is 26.2 Å². The Labute approximate surface area is 565 Å². The quantitative estimate of drug-likeness (QED) is 0.126. The third-order valence-corrected chi connectivity index (χ3v) is 20.4. The number of rotatable bonds is 10.